The predicted octanol–water partition coefficient (Wildman–Crippen LogP) is 1.53. The number of nitrogens with one attached hydrogen (secondary N) is 2. The highest BCUT2D eigenvalue weighted by atomic mass is 16.5. The zero-order valence-electron chi connectivity index (χ0n) is 15.7. The topological polar surface area (TPSA) is 106 Å². The third-order valence-electron chi connectivity index (χ3n) is 4.05. The number of fused-ring (bicyclic) bond motifs is 1. The van der Waals surface area contributed by atoms with Crippen LogP contribution in [0.3, 0.4) is 0 Å². The molecule has 2 aromatic heterocycles. The van der Waals surface area contributed by atoms with Gasteiger partial charge in [0.1, 0.15) is 5.75 Å². The second kappa shape index (κ2) is 7.48. The lowest BCUT2D eigenvalue weighted by molar-refractivity contribution is 0.415. The molecule has 0 bridgehead atoms. The number of hydrogen-bond acceptors (Lipinski definition) is 6. The van der Waals surface area contributed by atoms with E-state index in [0.717, 1.165) is 11.3 Å². The number of nitrogens with zero attached hydrogens (tertiary/aromatic N) is 4. The van der Waals surface area contributed by atoms with E-state index < -0.39 is 11.2 Å². The van der Waals surface area contributed by atoms with Gasteiger partial charge in [0.15, 0.2) is 11.2 Å². The molecule has 3 rings (SSSR count). The van der Waals surface area contributed by atoms with E-state index in [1.165, 1.54) is 4.57 Å². The van der Waals surface area contributed by atoms with Crippen LogP contribution in [0, 0.1) is 5.92 Å². The average Bonchev–Trinajstić information content (AvgIpc) is 2.99. The molecular weight excluding hydrogens is 348 g/mol. The maximum absolute atomic E-state index is 12.3. The van der Waals surface area contributed by atoms with Gasteiger partial charge in [-0.25, -0.2) is 10.2 Å². The number of methoxy groups -OCH3 is 1. The van der Waals surface area contributed by atoms with Crippen molar-refractivity contribution in [3.05, 3.63) is 50.7 Å². The second-order valence-electron chi connectivity index (χ2n) is 6.57. The molecule has 2 N–H and O–H groups in total. The van der Waals surface area contributed by atoms with Crippen LogP contribution in [0.2, 0.25) is 0 Å². The number of H-pyrrole nitrogens is 1. The summed E-state index contributed by atoms with van der Waals surface area (Å²) in [6.07, 6.45) is 1.64. The molecule has 0 saturated carbocycles. The van der Waals surface area contributed by atoms with Crippen molar-refractivity contribution in [1.29, 1.82) is 0 Å². The van der Waals surface area contributed by atoms with E-state index in [-0.39, 0.29) is 5.92 Å². The molecule has 0 aliphatic rings. The van der Waals surface area contributed by atoms with Crippen molar-refractivity contribution < 1.29 is 4.74 Å². The summed E-state index contributed by atoms with van der Waals surface area (Å²) >= 11 is 0. The fourth-order valence-electron chi connectivity index (χ4n) is 2.72. The second-order valence-corrected chi connectivity index (χ2v) is 6.57. The van der Waals surface area contributed by atoms with Crippen LogP contribution in [0.1, 0.15) is 19.4 Å². The molecule has 0 fully saturated rings. The Morgan fingerprint density at radius 1 is 1.30 bits per heavy atom. The number of rotatable bonds is 6. The zero-order valence-corrected chi connectivity index (χ0v) is 15.7. The third kappa shape index (κ3) is 3.76. The summed E-state index contributed by atoms with van der Waals surface area (Å²) in [5.41, 5.74) is 3.44. The first-order valence-corrected chi connectivity index (χ1v) is 8.53. The van der Waals surface area contributed by atoms with Crippen molar-refractivity contribution in [2.24, 2.45) is 18.1 Å². The van der Waals surface area contributed by atoms with Crippen molar-refractivity contribution in [1.82, 2.24) is 19.1 Å². The summed E-state index contributed by atoms with van der Waals surface area (Å²) in [6, 6.07) is 7.42. The van der Waals surface area contributed by atoms with Gasteiger partial charge in [0, 0.05) is 13.6 Å². The number of aromatic nitrogens is 4. The van der Waals surface area contributed by atoms with E-state index in [9.17, 15) is 9.59 Å². The number of anilines is 1. The third-order valence-corrected chi connectivity index (χ3v) is 4.05. The van der Waals surface area contributed by atoms with E-state index in [2.05, 4.69) is 20.5 Å². The molecule has 0 spiro atoms. The molecule has 0 unspecified atom stereocenters. The van der Waals surface area contributed by atoms with Crippen LogP contribution in [-0.2, 0) is 13.6 Å². The van der Waals surface area contributed by atoms with Crippen molar-refractivity contribution in [3.8, 4) is 5.75 Å². The molecule has 0 amide bonds. The fourth-order valence-corrected chi connectivity index (χ4v) is 2.72. The summed E-state index contributed by atoms with van der Waals surface area (Å²) in [5.74, 6) is 1.43. The first-order valence-electron chi connectivity index (χ1n) is 8.53. The number of ether oxygens (including phenoxy) is 1. The van der Waals surface area contributed by atoms with Gasteiger partial charge in [0.05, 0.1) is 13.3 Å². The first kappa shape index (κ1) is 18.4. The molecule has 9 nitrogen and oxygen atoms in total. The van der Waals surface area contributed by atoms with Crippen molar-refractivity contribution >= 4 is 23.3 Å². The van der Waals surface area contributed by atoms with E-state index in [1.54, 1.807) is 24.9 Å². The monoisotopic (exact) mass is 370 g/mol. The Hall–Kier alpha value is -3.36. The van der Waals surface area contributed by atoms with E-state index in [1.807, 2.05) is 38.1 Å². The smallest absolute Gasteiger partial charge is 0.329 e. The van der Waals surface area contributed by atoms with Crippen LogP contribution in [0.15, 0.2) is 39.0 Å². The van der Waals surface area contributed by atoms with Crippen LogP contribution >= 0.6 is 0 Å². The van der Waals surface area contributed by atoms with Gasteiger partial charge in [-0.3, -0.25) is 14.3 Å². The lowest BCUT2D eigenvalue weighted by Gasteiger charge is -2.10. The standard InChI is InChI=1S/C18H22N6O3/c1-11(2)10-24-14-15(23(3)18(26)21-16(14)25)20-17(24)22-19-9-12-5-7-13(27-4)8-6-12/h5-9,11H,10H2,1-4H3,(H,20,22)(H,21,25,26)/b19-9-. The first-order chi connectivity index (χ1) is 12.9. The minimum atomic E-state index is -0.505. The van der Waals surface area contributed by atoms with Gasteiger partial charge < -0.3 is 9.30 Å². The Labute approximate surface area is 155 Å². The summed E-state index contributed by atoms with van der Waals surface area (Å²) in [6.45, 7) is 4.62. The Morgan fingerprint density at radius 2 is 2.00 bits per heavy atom. The maximum atomic E-state index is 12.3. The lowest BCUT2D eigenvalue weighted by atomic mass is 10.2. The minimum Gasteiger partial charge on any atom is -0.497 e. The normalized spacial score (nSPS) is 11.6. The lowest BCUT2D eigenvalue weighted by Crippen LogP contribution is -2.29. The molecule has 27 heavy (non-hydrogen) atoms. The van der Waals surface area contributed by atoms with Crippen LogP contribution in [-0.4, -0.2) is 32.4 Å². The predicted molar refractivity (Wildman–Crippen MR) is 105 cm³/mol. The number of hydrazone groups is 1. The van der Waals surface area contributed by atoms with Gasteiger partial charge in [-0.1, -0.05) is 13.8 Å². The Balaban J connectivity index is 1.98. The number of aromatic amines is 1. The number of hydrogen-bond donors (Lipinski definition) is 2. The Kier molecular flexibility index (Phi) is 5.11. The summed E-state index contributed by atoms with van der Waals surface area (Å²) in [4.78, 5) is 30.9. The van der Waals surface area contributed by atoms with E-state index >= 15 is 0 Å². The average molecular weight is 370 g/mol. The van der Waals surface area contributed by atoms with Crippen molar-refractivity contribution in [2.75, 3.05) is 12.5 Å². The molecule has 0 radical (unpaired) electrons. The molecule has 0 aliphatic carbocycles. The quantitative estimate of drug-likeness (QED) is 0.506. The molecule has 3 aromatic rings. The molecule has 1 aromatic carbocycles. The van der Waals surface area contributed by atoms with Crippen molar-refractivity contribution in [2.45, 2.75) is 20.4 Å². The van der Waals surface area contributed by atoms with Gasteiger partial charge in [0.25, 0.3) is 5.56 Å². The summed E-state index contributed by atoms with van der Waals surface area (Å²) in [7, 11) is 3.18. The molecular formula is C18H22N6O3. The molecule has 0 aliphatic heterocycles. The largest absolute Gasteiger partial charge is 0.497 e. The Morgan fingerprint density at radius 3 is 2.63 bits per heavy atom. The summed E-state index contributed by atoms with van der Waals surface area (Å²) in [5, 5.41) is 4.21. The molecule has 142 valence electrons. The molecule has 2 heterocycles. The van der Waals surface area contributed by atoms with Crippen LogP contribution in [0.25, 0.3) is 11.2 Å². The SMILES string of the molecule is COc1ccc(/C=N\Nc2nc3c(c(=O)[nH]c(=O)n3C)n2CC(C)C)cc1. The van der Waals surface area contributed by atoms with Gasteiger partial charge in [0.2, 0.25) is 5.95 Å². The van der Waals surface area contributed by atoms with Gasteiger partial charge in [-0.15, -0.1) is 0 Å². The van der Waals surface area contributed by atoms with E-state index in [4.69, 9.17) is 4.74 Å². The number of benzene rings is 1. The number of imidazole rings is 1. The van der Waals surface area contributed by atoms with Crippen LogP contribution < -0.4 is 21.4 Å². The highest BCUT2D eigenvalue weighted by Crippen LogP contribution is 2.17. The molecule has 9 heteroatoms. The minimum absolute atomic E-state index is 0.269. The van der Waals surface area contributed by atoms with Crippen molar-refractivity contribution in [3.63, 3.8) is 0 Å². The summed E-state index contributed by atoms with van der Waals surface area (Å²) < 4.78 is 8.18. The highest BCUT2D eigenvalue weighted by Gasteiger charge is 2.17. The fraction of sp³-hybridized carbons (Fsp3) is 0.333. The van der Waals surface area contributed by atoms with Gasteiger partial charge in [-0.05, 0) is 35.7 Å². The maximum Gasteiger partial charge on any atom is 0.329 e. The molecule has 0 atom stereocenters. The molecule has 0 saturated heterocycles. The van der Waals surface area contributed by atoms with E-state index in [0.29, 0.717) is 23.7 Å². The number of aryl methyl sites for hydroxylation is 1. The van der Waals surface area contributed by atoms with Crippen LogP contribution in [0.4, 0.5) is 5.95 Å². The van der Waals surface area contributed by atoms with Gasteiger partial charge >= 0.3 is 5.69 Å². The Bertz CT molecular complexity index is 1090. The van der Waals surface area contributed by atoms with Gasteiger partial charge in [-0.2, -0.15) is 10.1 Å². The highest BCUT2D eigenvalue weighted by molar-refractivity contribution is 5.80. The van der Waals surface area contributed by atoms with Crippen LogP contribution in [0.5, 0.6) is 5.75 Å². The zero-order chi connectivity index (χ0) is 19.6.